The Morgan fingerprint density at radius 2 is 2.03 bits per heavy atom. The highest BCUT2D eigenvalue weighted by Crippen LogP contribution is 2.19. The van der Waals surface area contributed by atoms with Crippen LogP contribution in [0.3, 0.4) is 0 Å². The molecule has 0 amide bonds. The molecule has 0 unspecified atom stereocenters. The standard InChI is InChI=1S/C23H33N7O/c1-5-9-21-27-22(31-29-21)20-11-7-10-19(15-20)16-26-23(24-6-2)25-12-8-13-30-18(4)14-17(3)28-30/h7,10-11,14-15H,5-6,8-9,12-13,16H2,1-4H3,(H2,24,25,26). The molecule has 2 heterocycles. The van der Waals surface area contributed by atoms with Gasteiger partial charge in [0.05, 0.1) is 12.2 Å². The number of nitrogens with zero attached hydrogens (tertiary/aromatic N) is 5. The smallest absolute Gasteiger partial charge is 0.257 e. The van der Waals surface area contributed by atoms with Crippen LogP contribution in [0, 0.1) is 13.8 Å². The van der Waals surface area contributed by atoms with E-state index in [2.05, 4.69) is 69.5 Å². The summed E-state index contributed by atoms with van der Waals surface area (Å²) in [4.78, 5) is 9.20. The van der Waals surface area contributed by atoms with Crippen molar-refractivity contribution in [3.8, 4) is 11.5 Å². The number of guanidine groups is 1. The molecule has 3 aromatic rings. The molecule has 31 heavy (non-hydrogen) atoms. The Labute approximate surface area is 184 Å². The molecule has 2 aromatic heterocycles. The molecule has 0 fully saturated rings. The molecule has 0 bridgehead atoms. The normalized spacial score (nSPS) is 11.7. The molecule has 0 spiro atoms. The van der Waals surface area contributed by atoms with Crippen LogP contribution in [-0.2, 0) is 19.5 Å². The van der Waals surface area contributed by atoms with Crippen LogP contribution in [0.25, 0.3) is 11.5 Å². The van der Waals surface area contributed by atoms with Crippen molar-refractivity contribution in [2.45, 2.75) is 60.0 Å². The van der Waals surface area contributed by atoms with E-state index in [1.165, 1.54) is 5.69 Å². The Hall–Kier alpha value is -3.16. The van der Waals surface area contributed by atoms with E-state index in [9.17, 15) is 0 Å². The van der Waals surface area contributed by atoms with E-state index in [1.807, 2.05) is 19.1 Å². The van der Waals surface area contributed by atoms with Gasteiger partial charge < -0.3 is 15.2 Å². The second kappa shape index (κ2) is 11.3. The third-order valence-corrected chi connectivity index (χ3v) is 4.82. The first kappa shape index (κ1) is 22.5. The summed E-state index contributed by atoms with van der Waals surface area (Å²) in [5, 5.41) is 15.3. The molecule has 0 radical (unpaired) electrons. The van der Waals surface area contributed by atoms with Crippen LogP contribution in [-0.4, -0.2) is 39.0 Å². The van der Waals surface area contributed by atoms with Crippen molar-refractivity contribution in [1.29, 1.82) is 0 Å². The van der Waals surface area contributed by atoms with Gasteiger partial charge in [0.2, 0.25) is 0 Å². The lowest BCUT2D eigenvalue weighted by molar-refractivity contribution is 0.422. The Balaban J connectivity index is 1.56. The van der Waals surface area contributed by atoms with Crippen LogP contribution in [0.5, 0.6) is 0 Å². The highest BCUT2D eigenvalue weighted by molar-refractivity contribution is 5.79. The van der Waals surface area contributed by atoms with Crippen LogP contribution in [0.2, 0.25) is 0 Å². The van der Waals surface area contributed by atoms with Gasteiger partial charge in [-0.05, 0) is 57.4 Å². The molecule has 0 atom stereocenters. The lowest BCUT2D eigenvalue weighted by Gasteiger charge is -2.12. The number of aliphatic imine (C=N–C) groups is 1. The van der Waals surface area contributed by atoms with Gasteiger partial charge in [-0.3, -0.25) is 4.68 Å². The first-order valence-corrected chi connectivity index (χ1v) is 11.0. The molecule has 1 aromatic carbocycles. The minimum Gasteiger partial charge on any atom is -0.357 e. The van der Waals surface area contributed by atoms with Crippen molar-refractivity contribution in [2.75, 3.05) is 13.1 Å². The zero-order chi connectivity index (χ0) is 22.1. The largest absolute Gasteiger partial charge is 0.357 e. The molecule has 166 valence electrons. The monoisotopic (exact) mass is 423 g/mol. The third kappa shape index (κ3) is 6.67. The van der Waals surface area contributed by atoms with Crippen molar-refractivity contribution >= 4 is 5.96 Å². The number of hydrogen-bond donors (Lipinski definition) is 2. The lowest BCUT2D eigenvalue weighted by Crippen LogP contribution is -2.38. The fraction of sp³-hybridized carbons (Fsp3) is 0.478. The summed E-state index contributed by atoms with van der Waals surface area (Å²) in [6.07, 6.45) is 2.79. The maximum Gasteiger partial charge on any atom is 0.257 e. The SMILES string of the molecule is CCCc1noc(-c2cccc(CN=C(NCC)NCCCn3nc(C)cc3C)c2)n1. The second-order valence-electron chi connectivity index (χ2n) is 7.59. The fourth-order valence-corrected chi connectivity index (χ4v) is 3.35. The molecule has 3 rings (SSSR count). The Morgan fingerprint density at radius 1 is 1.16 bits per heavy atom. The molecule has 2 N–H and O–H groups in total. The average Bonchev–Trinajstić information content (AvgIpc) is 3.35. The highest BCUT2D eigenvalue weighted by atomic mass is 16.5. The van der Waals surface area contributed by atoms with Gasteiger partial charge in [-0.2, -0.15) is 10.1 Å². The molecule has 0 aliphatic carbocycles. The first-order chi connectivity index (χ1) is 15.1. The quantitative estimate of drug-likeness (QED) is 0.294. The van der Waals surface area contributed by atoms with Gasteiger partial charge in [0, 0.05) is 37.3 Å². The minimum absolute atomic E-state index is 0.559. The van der Waals surface area contributed by atoms with E-state index in [0.29, 0.717) is 12.4 Å². The summed E-state index contributed by atoms with van der Waals surface area (Å²) in [5.41, 5.74) is 4.27. The predicted octanol–water partition coefficient (Wildman–Crippen LogP) is 3.65. The topological polar surface area (TPSA) is 93.2 Å². The summed E-state index contributed by atoms with van der Waals surface area (Å²) in [6.45, 7) is 11.4. The van der Waals surface area contributed by atoms with Gasteiger partial charge in [0.15, 0.2) is 11.8 Å². The molecular weight excluding hydrogens is 390 g/mol. The lowest BCUT2D eigenvalue weighted by atomic mass is 10.1. The van der Waals surface area contributed by atoms with E-state index >= 15 is 0 Å². The fourth-order valence-electron chi connectivity index (χ4n) is 3.35. The van der Waals surface area contributed by atoms with E-state index in [4.69, 9.17) is 9.52 Å². The highest BCUT2D eigenvalue weighted by Gasteiger charge is 2.09. The van der Waals surface area contributed by atoms with E-state index in [0.717, 1.165) is 67.5 Å². The van der Waals surface area contributed by atoms with E-state index in [-0.39, 0.29) is 0 Å². The summed E-state index contributed by atoms with van der Waals surface area (Å²) >= 11 is 0. The van der Waals surface area contributed by atoms with E-state index in [1.54, 1.807) is 0 Å². The third-order valence-electron chi connectivity index (χ3n) is 4.82. The molecule has 8 heteroatoms. The van der Waals surface area contributed by atoms with E-state index < -0.39 is 0 Å². The molecule has 8 nitrogen and oxygen atoms in total. The van der Waals surface area contributed by atoms with Crippen LogP contribution >= 0.6 is 0 Å². The molecular formula is C23H33N7O. The molecule has 0 saturated heterocycles. The maximum absolute atomic E-state index is 5.41. The summed E-state index contributed by atoms with van der Waals surface area (Å²) in [5.74, 6) is 2.12. The van der Waals surface area contributed by atoms with Gasteiger partial charge >= 0.3 is 0 Å². The van der Waals surface area contributed by atoms with Gasteiger partial charge in [-0.25, -0.2) is 4.99 Å². The molecule has 0 saturated carbocycles. The number of aromatic nitrogens is 4. The Bertz CT molecular complexity index is 989. The number of benzene rings is 1. The summed E-state index contributed by atoms with van der Waals surface area (Å²) in [7, 11) is 0. The zero-order valence-electron chi connectivity index (χ0n) is 19.0. The number of hydrogen-bond acceptors (Lipinski definition) is 5. The van der Waals surface area contributed by atoms with Crippen molar-refractivity contribution in [3.05, 3.63) is 53.1 Å². The Morgan fingerprint density at radius 3 is 2.77 bits per heavy atom. The number of nitrogens with one attached hydrogen (secondary N) is 2. The molecule has 0 aliphatic rings. The number of aryl methyl sites for hydroxylation is 4. The van der Waals surface area contributed by atoms with Gasteiger partial charge in [0.25, 0.3) is 5.89 Å². The van der Waals surface area contributed by atoms with Crippen molar-refractivity contribution in [3.63, 3.8) is 0 Å². The predicted molar refractivity (Wildman–Crippen MR) is 123 cm³/mol. The van der Waals surface area contributed by atoms with Crippen molar-refractivity contribution in [1.82, 2.24) is 30.6 Å². The minimum atomic E-state index is 0.559. The van der Waals surface area contributed by atoms with Gasteiger partial charge in [-0.15, -0.1) is 0 Å². The van der Waals surface area contributed by atoms with Crippen LogP contribution in [0.1, 0.15) is 49.5 Å². The molecule has 0 aliphatic heterocycles. The summed E-state index contributed by atoms with van der Waals surface area (Å²) in [6, 6.07) is 10.2. The zero-order valence-corrected chi connectivity index (χ0v) is 19.0. The maximum atomic E-state index is 5.41. The Kier molecular flexibility index (Phi) is 8.20. The second-order valence-corrected chi connectivity index (χ2v) is 7.59. The first-order valence-electron chi connectivity index (χ1n) is 11.0. The van der Waals surface area contributed by atoms with Gasteiger partial charge in [0.1, 0.15) is 0 Å². The average molecular weight is 424 g/mol. The van der Waals surface area contributed by atoms with Crippen molar-refractivity contribution < 1.29 is 4.52 Å². The van der Waals surface area contributed by atoms with Crippen molar-refractivity contribution in [2.24, 2.45) is 4.99 Å². The van der Waals surface area contributed by atoms with Crippen LogP contribution < -0.4 is 10.6 Å². The number of rotatable bonds is 10. The summed E-state index contributed by atoms with van der Waals surface area (Å²) < 4.78 is 7.46. The van der Waals surface area contributed by atoms with Gasteiger partial charge in [-0.1, -0.05) is 24.2 Å². The van der Waals surface area contributed by atoms with Crippen LogP contribution in [0.15, 0.2) is 39.8 Å². The van der Waals surface area contributed by atoms with Crippen LogP contribution in [0.4, 0.5) is 0 Å².